The SMILES string of the molecule is COC(=O)CCCS(=O)(=O)Nc1ccc2c(c1)CNCC2. The molecule has 2 rings (SSSR count). The van der Waals surface area contributed by atoms with Gasteiger partial charge in [0.05, 0.1) is 12.9 Å². The van der Waals surface area contributed by atoms with E-state index in [0.29, 0.717) is 5.69 Å². The Bertz CT molecular complexity index is 613. The molecule has 0 bridgehead atoms. The first-order chi connectivity index (χ1) is 10.00. The maximum atomic E-state index is 12.0. The Morgan fingerprint density at radius 2 is 2.19 bits per heavy atom. The molecule has 1 aliphatic heterocycles. The molecule has 21 heavy (non-hydrogen) atoms. The lowest BCUT2D eigenvalue weighted by Crippen LogP contribution is -2.24. The Morgan fingerprint density at radius 1 is 1.38 bits per heavy atom. The highest BCUT2D eigenvalue weighted by molar-refractivity contribution is 7.92. The monoisotopic (exact) mass is 312 g/mol. The number of ether oxygens (including phenoxy) is 1. The van der Waals surface area contributed by atoms with E-state index in [-0.39, 0.29) is 18.6 Å². The fourth-order valence-electron chi connectivity index (χ4n) is 2.28. The average Bonchev–Trinajstić information content (AvgIpc) is 2.46. The summed E-state index contributed by atoms with van der Waals surface area (Å²) in [5.41, 5.74) is 2.94. The predicted molar refractivity (Wildman–Crippen MR) is 80.5 cm³/mol. The number of carbonyl (C=O) groups is 1. The van der Waals surface area contributed by atoms with Crippen LogP contribution in [0.15, 0.2) is 18.2 Å². The molecule has 116 valence electrons. The van der Waals surface area contributed by atoms with Gasteiger partial charge < -0.3 is 10.1 Å². The molecule has 0 amide bonds. The van der Waals surface area contributed by atoms with Crippen LogP contribution in [0.2, 0.25) is 0 Å². The van der Waals surface area contributed by atoms with E-state index in [2.05, 4.69) is 14.8 Å². The van der Waals surface area contributed by atoms with E-state index in [1.165, 1.54) is 12.7 Å². The van der Waals surface area contributed by atoms with Crippen molar-refractivity contribution in [2.45, 2.75) is 25.8 Å². The summed E-state index contributed by atoms with van der Waals surface area (Å²) in [6, 6.07) is 5.60. The lowest BCUT2D eigenvalue weighted by molar-refractivity contribution is -0.140. The van der Waals surface area contributed by atoms with Crippen LogP contribution in [0.3, 0.4) is 0 Å². The van der Waals surface area contributed by atoms with Gasteiger partial charge in [0.25, 0.3) is 0 Å². The van der Waals surface area contributed by atoms with Crippen molar-refractivity contribution in [1.82, 2.24) is 5.32 Å². The van der Waals surface area contributed by atoms with Crippen LogP contribution in [0.4, 0.5) is 5.69 Å². The maximum absolute atomic E-state index is 12.0. The number of methoxy groups -OCH3 is 1. The van der Waals surface area contributed by atoms with Crippen LogP contribution in [-0.2, 0) is 32.5 Å². The standard InChI is InChI=1S/C14H20N2O4S/c1-20-14(17)3-2-8-21(18,19)16-13-5-4-11-6-7-15-10-12(11)9-13/h4-5,9,15-16H,2-3,6-8,10H2,1H3. The predicted octanol–water partition coefficient (Wildman–Crippen LogP) is 1.03. The largest absolute Gasteiger partial charge is 0.469 e. The molecule has 1 aromatic rings. The molecular formula is C14H20N2O4S. The molecule has 2 N–H and O–H groups in total. The van der Waals surface area contributed by atoms with Gasteiger partial charge in [-0.1, -0.05) is 6.07 Å². The lowest BCUT2D eigenvalue weighted by Gasteiger charge is -2.18. The zero-order chi connectivity index (χ0) is 15.3. The number of anilines is 1. The summed E-state index contributed by atoms with van der Waals surface area (Å²) < 4.78 is 31.0. The van der Waals surface area contributed by atoms with Gasteiger partial charge in [0.2, 0.25) is 10.0 Å². The number of esters is 1. The second-order valence-corrected chi connectivity index (χ2v) is 6.85. The van der Waals surface area contributed by atoms with E-state index in [0.717, 1.165) is 25.1 Å². The van der Waals surface area contributed by atoms with Crippen molar-refractivity contribution in [2.24, 2.45) is 0 Å². The first kappa shape index (κ1) is 15.8. The molecule has 0 atom stereocenters. The second kappa shape index (κ2) is 6.91. The minimum absolute atomic E-state index is 0.0998. The van der Waals surface area contributed by atoms with Crippen LogP contribution in [-0.4, -0.2) is 33.8 Å². The van der Waals surface area contributed by atoms with Gasteiger partial charge in [0.1, 0.15) is 0 Å². The summed E-state index contributed by atoms with van der Waals surface area (Å²) in [5.74, 6) is -0.498. The van der Waals surface area contributed by atoms with Crippen molar-refractivity contribution in [1.29, 1.82) is 0 Å². The zero-order valence-electron chi connectivity index (χ0n) is 12.0. The number of hydrogen-bond donors (Lipinski definition) is 2. The van der Waals surface area contributed by atoms with Crippen LogP contribution in [0.5, 0.6) is 0 Å². The van der Waals surface area contributed by atoms with E-state index in [1.807, 2.05) is 12.1 Å². The van der Waals surface area contributed by atoms with Crippen molar-refractivity contribution in [2.75, 3.05) is 24.1 Å². The maximum Gasteiger partial charge on any atom is 0.305 e. The van der Waals surface area contributed by atoms with Crippen LogP contribution >= 0.6 is 0 Å². The summed E-state index contributed by atoms with van der Waals surface area (Å²) in [6.07, 6.45) is 1.31. The highest BCUT2D eigenvalue weighted by Gasteiger charge is 2.14. The first-order valence-corrected chi connectivity index (χ1v) is 8.55. The number of rotatable bonds is 6. The third-order valence-electron chi connectivity index (χ3n) is 3.39. The van der Waals surface area contributed by atoms with Crippen LogP contribution in [0.25, 0.3) is 0 Å². The number of hydrogen-bond acceptors (Lipinski definition) is 5. The Balaban J connectivity index is 1.95. The van der Waals surface area contributed by atoms with E-state index in [1.54, 1.807) is 6.07 Å². The Morgan fingerprint density at radius 3 is 2.95 bits per heavy atom. The second-order valence-electron chi connectivity index (χ2n) is 5.01. The molecule has 0 saturated heterocycles. The summed E-state index contributed by atoms with van der Waals surface area (Å²) >= 11 is 0. The molecule has 6 nitrogen and oxygen atoms in total. The molecule has 1 aliphatic rings. The fraction of sp³-hybridized carbons (Fsp3) is 0.500. The Kier molecular flexibility index (Phi) is 5.19. The summed E-state index contributed by atoms with van der Waals surface area (Å²) in [5, 5.41) is 3.26. The Labute approximate surface area is 124 Å². The van der Waals surface area contributed by atoms with Crippen molar-refractivity contribution < 1.29 is 17.9 Å². The van der Waals surface area contributed by atoms with Crippen molar-refractivity contribution in [3.63, 3.8) is 0 Å². The molecule has 1 aromatic carbocycles. The highest BCUT2D eigenvalue weighted by atomic mass is 32.2. The minimum atomic E-state index is -3.44. The molecule has 0 fully saturated rings. The number of sulfonamides is 1. The van der Waals surface area contributed by atoms with E-state index < -0.39 is 16.0 Å². The molecule has 0 unspecified atom stereocenters. The third-order valence-corrected chi connectivity index (χ3v) is 4.76. The Hall–Kier alpha value is -1.60. The van der Waals surface area contributed by atoms with Crippen molar-refractivity contribution in [3.8, 4) is 0 Å². The molecular weight excluding hydrogens is 292 g/mol. The molecule has 0 radical (unpaired) electrons. The van der Waals surface area contributed by atoms with Crippen LogP contribution in [0.1, 0.15) is 24.0 Å². The first-order valence-electron chi connectivity index (χ1n) is 6.90. The van der Waals surface area contributed by atoms with Crippen LogP contribution < -0.4 is 10.0 Å². The molecule has 7 heteroatoms. The van der Waals surface area contributed by atoms with Crippen molar-refractivity contribution in [3.05, 3.63) is 29.3 Å². The topological polar surface area (TPSA) is 84.5 Å². The van der Waals surface area contributed by atoms with Crippen LogP contribution in [0, 0.1) is 0 Å². The normalized spacial score (nSPS) is 14.3. The molecule has 0 spiro atoms. The smallest absolute Gasteiger partial charge is 0.305 e. The van der Waals surface area contributed by atoms with Gasteiger partial charge in [-0.2, -0.15) is 0 Å². The highest BCUT2D eigenvalue weighted by Crippen LogP contribution is 2.20. The number of carbonyl (C=O) groups excluding carboxylic acids is 1. The third kappa shape index (κ3) is 4.71. The number of benzene rings is 1. The van der Waals surface area contributed by atoms with Gasteiger partial charge in [-0.05, 0) is 42.6 Å². The van der Waals surface area contributed by atoms with Crippen molar-refractivity contribution >= 4 is 21.7 Å². The van der Waals surface area contributed by atoms with Gasteiger partial charge in [0, 0.05) is 18.7 Å². The minimum Gasteiger partial charge on any atom is -0.469 e. The molecule has 0 saturated carbocycles. The number of nitrogens with one attached hydrogen (secondary N) is 2. The van der Waals surface area contributed by atoms with E-state index in [9.17, 15) is 13.2 Å². The molecule has 0 aliphatic carbocycles. The fourth-order valence-corrected chi connectivity index (χ4v) is 3.40. The zero-order valence-corrected chi connectivity index (χ0v) is 12.8. The molecule has 1 heterocycles. The van der Waals surface area contributed by atoms with Gasteiger partial charge in [-0.25, -0.2) is 8.42 Å². The van der Waals surface area contributed by atoms with Gasteiger partial charge in [0.15, 0.2) is 0 Å². The summed E-state index contributed by atoms with van der Waals surface area (Å²) in [7, 11) is -2.16. The summed E-state index contributed by atoms with van der Waals surface area (Å²) in [6.45, 7) is 1.71. The average molecular weight is 312 g/mol. The van der Waals surface area contributed by atoms with Gasteiger partial charge >= 0.3 is 5.97 Å². The van der Waals surface area contributed by atoms with Gasteiger partial charge in [-0.15, -0.1) is 0 Å². The van der Waals surface area contributed by atoms with E-state index >= 15 is 0 Å². The quantitative estimate of drug-likeness (QED) is 0.766. The lowest BCUT2D eigenvalue weighted by atomic mass is 10.0. The van der Waals surface area contributed by atoms with E-state index in [4.69, 9.17) is 0 Å². The molecule has 0 aromatic heterocycles. The van der Waals surface area contributed by atoms with Gasteiger partial charge in [-0.3, -0.25) is 9.52 Å². The number of fused-ring (bicyclic) bond motifs is 1. The summed E-state index contributed by atoms with van der Waals surface area (Å²) in [4.78, 5) is 11.0.